The lowest BCUT2D eigenvalue weighted by Crippen LogP contribution is -2.51. The van der Waals surface area contributed by atoms with Crippen LogP contribution in [0, 0.1) is 7.05 Å². The van der Waals surface area contributed by atoms with E-state index in [4.69, 9.17) is 7.05 Å². The van der Waals surface area contributed by atoms with Crippen molar-refractivity contribution in [2.75, 3.05) is 26.2 Å². The van der Waals surface area contributed by atoms with Crippen LogP contribution >= 0.6 is 0 Å². The summed E-state index contributed by atoms with van der Waals surface area (Å²) in [6.45, 7) is 3.31. The Bertz CT molecular complexity index is 460. The Labute approximate surface area is 120 Å². The summed E-state index contributed by atoms with van der Waals surface area (Å²) in [7, 11) is 5.88. The zero-order valence-electron chi connectivity index (χ0n) is 11.8. The number of amides is 1. The molecule has 1 aromatic heterocycles. The number of pyridine rings is 1. The first-order chi connectivity index (χ1) is 9.72. The fourth-order valence-electron chi connectivity index (χ4n) is 3.40. The molecule has 0 unspecified atom stereocenters. The van der Waals surface area contributed by atoms with Crippen molar-refractivity contribution in [2.24, 2.45) is 0 Å². The summed E-state index contributed by atoms with van der Waals surface area (Å²) >= 11 is 0. The second kappa shape index (κ2) is 5.52. The Kier molecular flexibility index (Phi) is 3.74. The van der Waals surface area contributed by atoms with Crippen LogP contribution in [0.3, 0.4) is 0 Å². The first-order valence-electron chi connectivity index (χ1n) is 7.42. The molecule has 2 aliphatic rings. The van der Waals surface area contributed by atoms with Crippen LogP contribution in [0.2, 0.25) is 0 Å². The van der Waals surface area contributed by atoms with E-state index in [0.717, 1.165) is 57.4 Å². The zero-order chi connectivity index (χ0) is 14.0. The van der Waals surface area contributed by atoms with Gasteiger partial charge in [0.25, 0.3) is 0 Å². The number of carbonyl (C=O) groups is 1. The molecule has 3 heterocycles. The van der Waals surface area contributed by atoms with Crippen molar-refractivity contribution >= 4 is 5.91 Å². The number of rotatable bonds is 2. The van der Waals surface area contributed by atoms with Gasteiger partial charge in [-0.05, 0) is 50.4 Å². The molecular formula is C16H21N3O. The van der Waals surface area contributed by atoms with Gasteiger partial charge in [0, 0.05) is 32.5 Å². The highest BCUT2D eigenvalue weighted by Crippen LogP contribution is 2.37. The number of hydrogen-bond acceptors (Lipinski definition) is 3. The van der Waals surface area contributed by atoms with E-state index in [2.05, 4.69) is 4.98 Å². The fourth-order valence-corrected chi connectivity index (χ4v) is 3.40. The van der Waals surface area contributed by atoms with Crippen LogP contribution in [0.5, 0.6) is 0 Å². The molecule has 4 heteroatoms. The van der Waals surface area contributed by atoms with Gasteiger partial charge in [0.15, 0.2) is 0 Å². The van der Waals surface area contributed by atoms with Gasteiger partial charge >= 0.3 is 0 Å². The number of nitrogens with zero attached hydrogens (tertiary/aromatic N) is 3. The fraction of sp³-hybridized carbons (Fsp3) is 0.562. The normalized spacial score (nSPS) is 22.9. The molecule has 20 heavy (non-hydrogen) atoms. The predicted molar refractivity (Wildman–Crippen MR) is 76.8 cm³/mol. The summed E-state index contributed by atoms with van der Waals surface area (Å²) in [5.74, 6) is 0.274. The number of piperidine rings is 1. The van der Waals surface area contributed by atoms with Gasteiger partial charge in [0.2, 0.25) is 5.91 Å². The molecule has 0 spiro atoms. The highest BCUT2D eigenvalue weighted by molar-refractivity contribution is 5.88. The van der Waals surface area contributed by atoms with E-state index in [0.29, 0.717) is 0 Å². The van der Waals surface area contributed by atoms with Gasteiger partial charge in [0.1, 0.15) is 0 Å². The highest BCUT2D eigenvalue weighted by atomic mass is 16.2. The second-order valence-electron chi connectivity index (χ2n) is 5.86. The van der Waals surface area contributed by atoms with Gasteiger partial charge in [-0.15, -0.1) is 0 Å². The SMILES string of the molecule is [CH]N1CCC(C(=O)N2CCCC2)(c2cccnc2)CC1. The maximum absolute atomic E-state index is 13.1. The third kappa shape index (κ3) is 2.33. The van der Waals surface area contributed by atoms with Crippen molar-refractivity contribution in [3.63, 3.8) is 0 Å². The van der Waals surface area contributed by atoms with Crippen LogP contribution in [-0.4, -0.2) is 46.9 Å². The minimum absolute atomic E-state index is 0.274. The molecule has 0 N–H and O–H groups in total. The van der Waals surface area contributed by atoms with Crippen LogP contribution in [0.25, 0.3) is 0 Å². The van der Waals surface area contributed by atoms with E-state index >= 15 is 0 Å². The third-order valence-corrected chi connectivity index (χ3v) is 4.67. The molecule has 0 bridgehead atoms. The summed E-state index contributed by atoms with van der Waals surface area (Å²) in [6.07, 6.45) is 7.42. The molecule has 106 valence electrons. The standard InChI is InChI=1S/C16H21N3O/c1-18-11-6-16(7-12-18,14-5-4-8-17-13-14)15(20)19-9-2-3-10-19/h1,4-5,8,13H,2-3,6-7,9-12H2. The van der Waals surface area contributed by atoms with Crippen molar-refractivity contribution in [1.82, 2.24) is 14.8 Å². The van der Waals surface area contributed by atoms with Crippen molar-refractivity contribution in [2.45, 2.75) is 31.1 Å². The van der Waals surface area contributed by atoms with E-state index in [1.807, 2.05) is 28.1 Å². The second-order valence-corrected chi connectivity index (χ2v) is 5.86. The predicted octanol–water partition coefficient (Wildman–Crippen LogP) is 1.71. The van der Waals surface area contributed by atoms with Crippen LogP contribution in [-0.2, 0) is 10.2 Å². The molecule has 2 fully saturated rings. The lowest BCUT2D eigenvalue weighted by atomic mass is 9.72. The Morgan fingerprint density at radius 3 is 2.50 bits per heavy atom. The maximum atomic E-state index is 13.1. The average Bonchev–Trinajstić information content (AvgIpc) is 3.03. The van der Waals surface area contributed by atoms with Crippen molar-refractivity contribution < 1.29 is 4.79 Å². The number of likely N-dealkylation sites (tertiary alicyclic amines) is 2. The summed E-state index contributed by atoms with van der Waals surface area (Å²) < 4.78 is 0. The van der Waals surface area contributed by atoms with Crippen LogP contribution in [0.15, 0.2) is 24.5 Å². The monoisotopic (exact) mass is 271 g/mol. The molecule has 0 atom stereocenters. The Hall–Kier alpha value is -1.42. The summed E-state index contributed by atoms with van der Waals surface area (Å²) in [5, 5.41) is 0. The first kappa shape index (κ1) is 13.6. The number of hydrogen-bond donors (Lipinski definition) is 0. The van der Waals surface area contributed by atoms with Crippen molar-refractivity contribution in [3.8, 4) is 0 Å². The van der Waals surface area contributed by atoms with E-state index in [1.165, 1.54) is 0 Å². The minimum atomic E-state index is -0.422. The molecule has 0 aromatic carbocycles. The lowest BCUT2D eigenvalue weighted by Gasteiger charge is -2.41. The van der Waals surface area contributed by atoms with Crippen molar-refractivity contribution in [1.29, 1.82) is 0 Å². The quantitative estimate of drug-likeness (QED) is 0.821. The molecule has 3 rings (SSSR count). The Balaban J connectivity index is 1.93. The van der Waals surface area contributed by atoms with Gasteiger partial charge in [-0.25, -0.2) is 0 Å². The molecule has 2 radical (unpaired) electrons. The Morgan fingerprint density at radius 2 is 1.90 bits per heavy atom. The number of aromatic nitrogens is 1. The van der Waals surface area contributed by atoms with Gasteiger partial charge < -0.3 is 4.90 Å². The molecule has 4 nitrogen and oxygen atoms in total. The molecule has 2 saturated heterocycles. The molecule has 1 amide bonds. The molecule has 1 aromatic rings. The average molecular weight is 271 g/mol. The smallest absolute Gasteiger partial charge is 0.233 e. The summed E-state index contributed by atoms with van der Waals surface area (Å²) in [5.41, 5.74) is 0.624. The first-order valence-corrected chi connectivity index (χ1v) is 7.42. The van der Waals surface area contributed by atoms with E-state index < -0.39 is 5.41 Å². The summed E-state index contributed by atoms with van der Waals surface area (Å²) in [6, 6.07) is 3.95. The third-order valence-electron chi connectivity index (χ3n) is 4.67. The van der Waals surface area contributed by atoms with Crippen LogP contribution in [0.4, 0.5) is 0 Å². The van der Waals surface area contributed by atoms with E-state index in [1.54, 1.807) is 6.20 Å². The van der Waals surface area contributed by atoms with E-state index in [-0.39, 0.29) is 5.91 Å². The number of carbonyl (C=O) groups excluding carboxylic acids is 1. The van der Waals surface area contributed by atoms with Gasteiger partial charge in [-0.2, -0.15) is 0 Å². The minimum Gasteiger partial charge on any atom is -0.342 e. The zero-order valence-corrected chi connectivity index (χ0v) is 11.8. The van der Waals surface area contributed by atoms with E-state index in [9.17, 15) is 4.79 Å². The lowest BCUT2D eigenvalue weighted by molar-refractivity contribution is -0.138. The molecule has 0 saturated carbocycles. The summed E-state index contributed by atoms with van der Waals surface area (Å²) in [4.78, 5) is 21.1. The van der Waals surface area contributed by atoms with Gasteiger partial charge in [-0.3, -0.25) is 14.7 Å². The largest absolute Gasteiger partial charge is 0.342 e. The molecule has 2 aliphatic heterocycles. The Morgan fingerprint density at radius 1 is 1.20 bits per heavy atom. The highest BCUT2D eigenvalue weighted by Gasteiger charge is 2.45. The van der Waals surface area contributed by atoms with Crippen molar-refractivity contribution in [3.05, 3.63) is 37.1 Å². The van der Waals surface area contributed by atoms with Gasteiger partial charge in [0.05, 0.1) is 5.41 Å². The van der Waals surface area contributed by atoms with Gasteiger partial charge in [-0.1, -0.05) is 6.07 Å². The molecular weight excluding hydrogens is 250 g/mol. The maximum Gasteiger partial charge on any atom is 0.233 e. The van der Waals surface area contributed by atoms with Crippen LogP contribution in [0.1, 0.15) is 31.2 Å². The van der Waals surface area contributed by atoms with Crippen LogP contribution < -0.4 is 0 Å². The topological polar surface area (TPSA) is 36.4 Å². The molecule has 0 aliphatic carbocycles.